The number of sulfonamides is 1. The summed E-state index contributed by atoms with van der Waals surface area (Å²) in [6, 6.07) is 14.7. The van der Waals surface area contributed by atoms with Crippen LogP contribution in [0.25, 0.3) is 0 Å². The summed E-state index contributed by atoms with van der Waals surface area (Å²) in [5.74, 6) is -0.946. The highest BCUT2D eigenvalue weighted by atomic mass is 35.5. The quantitative estimate of drug-likeness (QED) is 0.238. The van der Waals surface area contributed by atoms with E-state index in [0.29, 0.717) is 15.6 Å². The Kier molecular flexibility index (Phi) is 11.3. The first kappa shape index (κ1) is 33.4. The van der Waals surface area contributed by atoms with Crippen LogP contribution in [0.5, 0.6) is 0 Å². The molecule has 3 aromatic rings. The molecule has 43 heavy (non-hydrogen) atoms. The molecule has 0 spiro atoms. The molecule has 0 aromatic heterocycles. The molecule has 0 radical (unpaired) electrons. The number of amides is 2. The van der Waals surface area contributed by atoms with E-state index in [-0.39, 0.29) is 39.1 Å². The number of aryl methyl sites for hydroxylation is 1. The lowest BCUT2D eigenvalue weighted by Crippen LogP contribution is -2.53. The van der Waals surface area contributed by atoms with Crippen molar-refractivity contribution in [3.05, 3.63) is 91.9 Å². The van der Waals surface area contributed by atoms with Gasteiger partial charge in [0.05, 0.1) is 25.7 Å². The Balaban J connectivity index is 1.72. The van der Waals surface area contributed by atoms with Gasteiger partial charge in [-0.3, -0.25) is 13.9 Å². The largest absolute Gasteiger partial charge is 0.352 e. The molecule has 1 atom stereocenters. The second-order valence-electron chi connectivity index (χ2n) is 10.7. The Morgan fingerprint density at radius 2 is 1.53 bits per heavy atom. The Morgan fingerprint density at radius 3 is 2.19 bits per heavy atom. The smallest absolute Gasteiger partial charge is 0.264 e. The average molecular weight is 686 g/mol. The van der Waals surface area contributed by atoms with E-state index >= 15 is 0 Å². The van der Waals surface area contributed by atoms with Gasteiger partial charge >= 0.3 is 0 Å². The Bertz CT molecular complexity index is 1580. The van der Waals surface area contributed by atoms with Gasteiger partial charge in [0.25, 0.3) is 10.0 Å². The van der Waals surface area contributed by atoms with Gasteiger partial charge in [-0.05, 0) is 74.7 Å². The summed E-state index contributed by atoms with van der Waals surface area (Å²) in [7, 11) is -4.29. The number of carbonyl (C=O) groups is 2. The molecule has 230 valence electrons. The molecule has 3 aromatic carbocycles. The normalized spacial score (nSPS) is 14.7. The number of anilines is 1. The summed E-state index contributed by atoms with van der Waals surface area (Å²) in [5, 5.41) is 4.04. The van der Waals surface area contributed by atoms with Gasteiger partial charge in [-0.15, -0.1) is 0 Å². The molecule has 7 nitrogen and oxygen atoms in total. The minimum Gasteiger partial charge on any atom is -0.352 e. The van der Waals surface area contributed by atoms with Gasteiger partial charge in [0.15, 0.2) is 0 Å². The van der Waals surface area contributed by atoms with Crippen molar-refractivity contribution < 1.29 is 18.0 Å². The molecule has 2 amide bonds. The lowest BCUT2D eigenvalue weighted by atomic mass is 9.95. The van der Waals surface area contributed by atoms with Crippen molar-refractivity contribution in [1.29, 1.82) is 0 Å². The van der Waals surface area contributed by atoms with Crippen molar-refractivity contribution in [2.45, 2.75) is 69.5 Å². The molecule has 1 unspecified atom stereocenters. The minimum absolute atomic E-state index is 0.0172. The maximum Gasteiger partial charge on any atom is 0.264 e. The molecule has 1 fully saturated rings. The number of halogens is 4. The fourth-order valence-electron chi connectivity index (χ4n) is 5.01. The van der Waals surface area contributed by atoms with Crippen LogP contribution in [-0.4, -0.2) is 43.8 Å². The molecule has 4 rings (SSSR count). The van der Waals surface area contributed by atoms with Crippen molar-refractivity contribution in [3.8, 4) is 0 Å². The second kappa shape index (κ2) is 14.5. The SMILES string of the molecule is Cc1ccc(S(=O)(=O)N(CC(=O)N(Cc2ccc(Cl)c(Cl)c2)C(C)C(=O)NC2CCCCC2)c2cc(Cl)ccc2Cl)cc1. The zero-order valence-corrected chi connectivity index (χ0v) is 27.7. The molecule has 0 saturated heterocycles. The fourth-order valence-corrected chi connectivity index (χ4v) is 7.20. The van der Waals surface area contributed by atoms with Crippen LogP contribution in [0.2, 0.25) is 20.1 Å². The van der Waals surface area contributed by atoms with Crippen LogP contribution >= 0.6 is 46.4 Å². The highest BCUT2D eigenvalue weighted by molar-refractivity contribution is 7.92. The first-order valence-electron chi connectivity index (χ1n) is 13.9. The molecule has 0 bridgehead atoms. The number of nitrogens with one attached hydrogen (secondary N) is 1. The number of benzene rings is 3. The van der Waals surface area contributed by atoms with Crippen molar-refractivity contribution in [1.82, 2.24) is 10.2 Å². The third-order valence-electron chi connectivity index (χ3n) is 7.52. The Labute approximate surface area is 273 Å². The summed E-state index contributed by atoms with van der Waals surface area (Å²) >= 11 is 25.1. The fraction of sp³-hybridized carbons (Fsp3) is 0.355. The van der Waals surface area contributed by atoms with Gasteiger partial charge < -0.3 is 10.2 Å². The van der Waals surface area contributed by atoms with Crippen molar-refractivity contribution >= 4 is 73.9 Å². The number of hydrogen-bond donors (Lipinski definition) is 1. The van der Waals surface area contributed by atoms with Gasteiger partial charge in [0.2, 0.25) is 11.8 Å². The van der Waals surface area contributed by atoms with E-state index in [4.69, 9.17) is 46.4 Å². The first-order valence-corrected chi connectivity index (χ1v) is 16.9. The standard InChI is InChI=1S/C31H33Cl4N3O4S/c1-20-8-12-25(13-9-20)43(41,42)38(29-17-23(32)11-15-27(29)34)19-30(39)37(18-22-10-14-26(33)28(35)16-22)21(2)31(40)36-24-6-4-3-5-7-24/h8-17,21,24H,3-7,18-19H2,1-2H3,(H,36,40). The number of hydrogen-bond acceptors (Lipinski definition) is 4. The zero-order chi connectivity index (χ0) is 31.3. The van der Waals surface area contributed by atoms with E-state index in [1.54, 1.807) is 37.3 Å². The lowest BCUT2D eigenvalue weighted by molar-refractivity contribution is -0.139. The Hall–Kier alpha value is -2.49. The topological polar surface area (TPSA) is 86.8 Å². The van der Waals surface area contributed by atoms with E-state index in [2.05, 4.69) is 5.32 Å². The minimum atomic E-state index is -4.29. The number of nitrogens with zero attached hydrogens (tertiary/aromatic N) is 2. The lowest BCUT2D eigenvalue weighted by Gasteiger charge is -2.33. The molecular formula is C31H33Cl4N3O4S. The molecule has 0 aliphatic heterocycles. The molecule has 1 aliphatic carbocycles. The first-order chi connectivity index (χ1) is 20.4. The van der Waals surface area contributed by atoms with Gasteiger partial charge in [-0.1, -0.05) is 89.4 Å². The van der Waals surface area contributed by atoms with Crippen LogP contribution in [0.1, 0.15) is 50.2 Å². The Morgan fingerprint density at radius 1 is 0.884 bits per heavy atom. The van der Waals surface area contributed by atoms with Gasteiger partial charge in [0, 0.05) is 17.6 Å². The van der Waals surface area contributed by atoms with E-state index < -0.39 is 28.5 Å². The number of carbonyl (C=O) groups excluding carboxylic acids is 2. The number of rotatable bonds is 10. The van der Waals surface area contributed by atoms with Crippen LogP contribution in [-0.2, 0) is 26.2 Å². The molecule has 0 heterocycles. The average Bonchev–Trinajstić information content (AvgIpc) is 2.98. The third-order valence-corrected chi connectivity index (χ3v) is 10.6. The van der Waals surface area contributed by atoms with Crippen molar-refractivity contribution in [3.63, 3.8) is 0 Å². The van der Waals surface area contributed by atoms with Crippen molar-refractivity contribution in [2.24, 2.45) is 0 Å². The second-order valence-corrected chi connectivity index (χ2v) is 14.2. The molecule has 12 heteroatoms. The highest BCUT2D eigenvalue weighted by Gasteiger charge is 2.34. The van der Waals surface area contributed by atoms with E-state index in [9.17, 15) is 18.0 Å². The van der Waals surface area contributed by atoms with E-state index in [0.717, 1.165) is 42.0 Å². The van der Waals surface area contributed by atoms with E-state index in [1.165, 1.54) is 35.2 Å². The summed E-state index contributed by atoms with van der Waals surface area (Å²) in [4.78, 5) is 28.9. The summed E-state index contributed by atoms with van der Waals surface area (Å²) < 4.78 is 29.0. The molecular weight excluding hydrogens is 652 g/mol. The van der Waals surface area contributed by atoms with Crippen LogP contribution < -0.4 is 9.62 Å². The monoisotopic (exact) mass is 683 g/mol. The van der Waals surface area contributed by atoms with Crippen LogP contribution in [0.15, 0.2) is 65.6 Å². The third kappa shape index (κ3) is 8.37. The van der Waals surface area contributed by atoms with Crippen LogP contribution in [0.3, 0.4) is 0 Å². The van der Waals surface area contributed by atoms with Crippen molar-refractivity contribution in [2.75, 3.05) is 10.8 Å². The van der Waals surface area contributed by atoms with E-state index in [1.807, 2.05) is 6.92 Å². The van der Waals surface area contributed by atoms with Crippen LogP contribution in [0.4, 0.5) is 5.69 Å². The predicted octanol–water partition coefficient (Wildman–Crippen LogP) is 7.67. The maximum absolute atomic E-state index is 14.2. The van der Waals surface area contributed by atoms with Crippen LogP contribution in [0, 0.1) is 6.92 Å². The van der Waals surface area contributed by atoms with Gasteiger partial charge in [-0.2, -0.15) is 0 Å². The highest BCUT2D eigenvalue weighted by Crippen LogP contribution is 2.33. The summed E-state index contributed by atoms with van der Waals surface area (Å²) in [6.45, 7) is 2.81. The predicted molar refractivity (Wildman–Crippen MR) is 174 cm³/mol. The summed E-state index contributed by atoms with van der Waals surface area (Å²) in [6.07, 6.45) is 4.92. The molecule has 1 N–H and O–H groups in total. The van der Waals surface area contributed by atoms with Gasteiger partial charge in [0.1, 0.15) is 12.6 Å². The molecule has 1 saturated carbocycles. The molecule has 1 aliphatic rings. The zero-order valence-electron chi connectivity index (χ0n) is 23.8. The summed E-state index contributed by atoms with van der Waals surface area (Å²) in [5.41, 5.74) is 1.53. The maximum atomic E-state index is 14.2. The van der Waals surface area contributed by atoms with Gasteiger partial charge in [-0.25, -0.2) is 8.42 Å².